The highest BCUT2D eigenvalue weighted by Crippen LogP contribution is 2.26. The number of nitrogens with zero attached hydrogens (tertiary/aromatic N) is 5. The smallest absolute Gasteiger partial charge is 0.219 e. The van der Waals surface area contributed by atoms with Gasteiger partial charge in [-0.15, -0.1) is 0 Å². The average molecular weight is 404 g/mol. The number of aromatic nitrogens is 4. The van der Waals surface area contributed by atoms with Gasteiger partial charge in [0.05, 0.1) is 11.4 Å². The predicted octanol–water partition coefficient (Wildman–Crippen LogP) is 1.45. The van der Waals surface area contributed by atoms with Crippen molar-refractivity contribution in [3.05, 3.63) is 54.2 Å². The van der Waals surface area contributed by atoms with Crippen LogP contribution in [0.5, 0.6) is 0 Å². The average Bonchev–Trinajstić information content (AvgIpc) is 2.75. The molecule has 3 aromatic rings. The third-order valence-electron chi connectivity index (χ3n) is 5.19. The normalized spacial score (nSPS) is 16.4. The molecule has 0 unspecified atom stereocenters. The first kappa shape index (κ1) is 19.7. The molecule has 0 aliphatic carbocycles. The van der Waals surface area contributed by atoms with Crippen LogP contribution in [0.15, 0.2) is 43.0 Å². The number of Topliss-reactive ketones (excluding diaryl/α,β-unsaturated/α-hetero) is 1. The highest BCUT2D eigenvalue weighted by molar-refractivity contribution is 6.01. The summed E-state index contributed by atoms with van der Waals surface area (Å²) in [7, 11) is 0. The molecule has 0 bridgehead atoms. The summed E-state index contributed by atoms with van der Waals surface area (Å²) in [6, 6.07) is 5.46. The summed E-state index contributed by atoms with van der Waals surface area (Å²) in [6.07, 6.45) is 8.77. The number of carbonyl (C=O) groups is 1. The van der Waals surface area contributed by atoms with Gasteiger partial charge < -0.3 is 22.1 Å². The molecular weight excluding hydrogens is 380 g/mol. The van der Waals surface area contributed by atoms with Crippen molar-refractivity contribution in [2.75, 3.05) is 29.5 Å². The highest BCUT2D eigenvalue weighted by Gasteiger charge is 2.22. The topological polar surface area (TPSA) is 150 Å². The Hall–Kier alpha value is -3.59. The van der Waals surface area contributed by atoms with Gasteiger partial charge in [-0.3, -0.25) is 9.78 Å². The second-order valence-electron chi connectivity index (χ2n) is 7.42. The SMILES string of the molecule is Nc1ncc(-c2ccc(N)c(C(=O)Cc3cnccc3N3CCC[C@H](N)C3)n2)cn1. The first-order chi connectivity index (χ1) is 14.5. The Morgan fingerprint density at radius 1 is 1.13 bits per heavy atom. The first-order valence-corrected chi connectivity index (χ1v) is 9.82. The summed E-state index contributed by atoms with van der Waals surface area (Å²) in [5.74, 6) is -0.00620. The maximum Gasteiger partial charge on any atom is 0.219 e. The molecule has 30 heavy (non-hydrogen) atoms. The summed E-state index contributed by atoms with van der Waals surface area (Å²) >= 11 is 0. The van der Waals surface area contributed by atoms with E-state index in [9.17, 15) is 4.79 Å². The summed E-state index contributed by atoms with van der Waals surface area (Å²) in [4.78, 5) is 32.0. The molecule has 1 saturated heterocycles. The lowest BCUT2D eigenvalue weighted by atomic mass is 10.0. The Kier molecular flexibility index (Phi) is 5.53. The Labute approximate surface area is 174 Å². The maximum atomic E-state index is 13.1. The monoisotopic (exact) mass is 404 g/mol. The van der Waals surface area contributed by atoms with Crippen molar-refractivity contribution >= 4 is 23.1 Å². The molecular formula is C21H24N8O. The van der Waals surface area contributed by atoms with Gasteiger partial charge >= 0.3 is 0 Å². The minimum atomic E-state index is -0.179. The van der Waals surface area contributed by atoms with E-state index < -0.39 is 0 Å². The fourth-order valence-electron chi connectivity index (χ4n) is 3.67. The van der Waals surface area contributed by atoms with Crippen LogP contribution in [0.1, 0.15) is 28.9 Å². The molecule has 0 aromatic carbocycles. The van der Waals surface area contributed by atoms with Gasteiger partial charge in [0.2, 0.25) is 5.95 Å². The fraction of sp³-hybridized carbons (Fsp3) is 0.286. The van der Waals surface area contributed by atoms with Crippen molar-refractivity contribution in [2.24, 2.45) is 5.73 Å². The summed E-state index contributed by atoms with van der Waals surface area (Å²) in [5.41, 5.74) is 21.3. The van der Waals surface area contributed by atoms with Crippen LogP contribution >= 0.6 is 0 Å². The summed E-state index contributed by atoms with van der Waals surface area (Å²) < 4.78 is 0. The second-order valence-corrected chi connectivity index (χ2v) is 7.42. The number of nitrogens with two attached hydrogens (primary N) is 3. The molecule has 9 nitrogen and oxygen atoms in total. The van der Waals surface area contributed by atoms with Gasteiger partial charge in [0, 0.05) is 67.2 Å². The van der Waals surface area contributed by atoms with E-state index in [0.717, 1.165) is 37.2 Å². The van der Waals surface area contributed by atoms with Gasteiger partial charge in [0.15, 0.2) is 5.78 Å². The molecule has 9 heteroatoms. The van der Waals surface area contributed by atoms with Crippen LogP contribution in [-0.4, -0.2) is 44.9 Å². The van der Waals surface area contributed by atoms with Gasteiger partial charge in [-0.2, -0.15) is 0 Å². The van der Waals surface area contributed by atoms with Crippen LogP contribution in [0.4, 0.5) is 17.3 Å². The number of nitrogen functional groups attached to an aromatic ring is 2. The second kappa shape index (κ2) is 8.42. The zero-order valence-corrected chi connectivity index (χ0v) is 16.5. The lowest BCUT2D eigenvalue weighted by Gasteiger charge is -2.33. The number of anilines is 3. The fourth-order valence-corrected chi connectivity index (χ4v) is 3.67. The largest absolute Gasteiger partial charge is 0.397 e. The zero-order chi connectivity index (χ0) is 21.1. The number of rotatable bonds is 5. The Morgan fingerprint density at radius 2 is 1.93 bits per heavy atom. The van der Waals surface area contributed by atoms with Crippen LogP contribution in [0.25, 0.3) is 11.3 Å². The van der Waals surface area contributed by atoms with Crippen LogP contribution in [0.3, 0.4) is 0 Å². The van der Waals surface area contributed by atoms with Crippen molar-refractivity contribution in [3.63, 3.8) is 0 Å². The molecule has 0 saturated carbocycles. The molecule has 0 radical (unpaired) electrons. The predicted molar refractivity (Wildman–Crippen MR) is 116 cm³/mol. The van der Waals surface area contributed by atoms with Crippen molar-refractivity contribution in [2.45, 2.75) is 25.3 Å². The van der Waals surface area contributed by atoms with Gasteiger partial charge in [0.1, 0.15) is 5.69 Å². The van der Waals surface area contributed by atoms with E-state index >= 15 is 0 Å². The number of ketones is 1. The maximum absolute atomic E-state index is 13.1. The van der Waals surface area contributed by atoms with E-state index in [1.54, 1.807) is 36.9 Å². The van der Waals surface area contributed by atoms with Crippen molar-refractivity contribution in [1.29, 1.82) is 0 Å². The Bertz CT molecular complexity index is 1050. The standard InChI is InChI=1S/C21H24N8O/c22-15-2-1-7-29(12-15)18-5-6-25-9-13(18)8-19(30)20-16(23)3-4-17(28-20)14-10-26-21(24)27-11-14/h3-6,9-11,15H,1-2,7-8,12,22-23H2,(H2,24,26,27)/t15-/m0/s1. The first-order valence-electron chi connectivity index (χ1n) is 9.82. The summed E-state index contributed by atoms with van der Waals surface area (Å²) in [6.45, 7) is 1.67. The van der Waals surface area contributed by atoms with Gasteiger partial charge in [-0.1, -0.05) is 0 Å². The lowest BCUT2D eigenvalue weighted by molar-refractivity contribution is 0.0989. The van der Waals surface area contributed by atoms with Crippen molar-refractivity contribution in [1.82, 2.24) is 19.9 Å². The van der Waals surface area contributed by atoms with E-state index in [1.807, 2.05) is 6.07 Å². The van der Waals surface area contributed by atoms with Gasteiger partial charge in [-0.05, 0) is 31.0 Å². The molecule has 0 spiro atoms. The Balaban J connectivity index is 1.60. The van der Waals surface area contributed by atoms with E-state index in [0.29, 0.717) is 16.9 Å². The molecule has 1 atom stereocenters. The van der Waals surface area contributed by atoms with Crippen molar-refractivity contribution < 1.29 is 4.79 Å². The zero-order valence-electron chi connectivity index (χ0n) is 16.5. The third-order valence-corrected chi connectivity index (χ3v) is 5.19. The molecule has 1 aliphatic rings. The number of pyridine rings is 2. The summed E-state index contributed by atoms with van der Waals surface area (Å²) in [5, 5.41) is 0. The molecule has 1 aliphatic heterocycles. The number of carbonyl (C=O) groups excluding carboxylic acids is 1. The number of hydrogen-bond acceptors (Lipinski definition) is 9. The minimum absolute atomic E-state index is 0.131. The third kappa shape index (κ3) is 4.20. The van der Waals surface area contributed by atoms with Gasteiger partial charge in [-0.25, -0.2) is 15.0 Å². The minimum Gasteiger partial charge on any atom is -0.397 e. The molecule has 3 aromatic heterocycles. The van der Waals surface area contributed by atoms with E-state index in [2.05, 4.69) is 24.8 Å². The van der Waals surface area contributed by atoms with Crippen LogP contribution in [0.2, 0.25) is 0 Å². The molecule has 4 rings (SSSR count). The van der Waals surface area contributed by atoms with Crippen LogP contribution in [0, 0.1) is 0 Å². The van der Waals surface area contributed by atoms with Crippen LogP contribution < -0.4 is 22.1 Å². The number of hydrogen-bond donors (Lipinski definition) is 3. The molecule has 1 fully saturated rings. The van der Waals surface area contributed by atoms with Crippen molar-refractivity contribution in [3.8, 4) is 11.3 Å². The van der Waals surface area contributed by atoms with Crippen LogP contribution in [-0.2, 0) is 6.42 Å². The molecule has 0 amide bonds. The molecule has 6 N–H and O–H groups in total. The molecule has 154 valence electrons. The van der Waals surface area contributed by atoms with E-state index in [1.165, 1.54) is 0 Å². The van der Waals surface area contributed by atoms with E-state index in [-0.39, 0.29) is 29.9 Å². The van der Waals surface area contributed by atoms with E-state index in [4.69, 9.17) is 17.2 Å². The lowest BCUT2D eigenvalue weighted by Crippen LogP contribution is -2.43. The quantitative estimate of drug-likeness (QED) is 0.537. The molecule has 4 heterocycles. The van der Waals surface area contributed by atoms with Gasteiger partial charge in [0.25, 0.3) is 0 Å². The highest BCUT2D eigenvalue weighted by atomic mass is 16.1. The Morgan fingerprint density at radius 3 is 2.70 bits per heavy atom. The number of piperidine rings is 1.